The summed E-state index contributed by atoms with van der Waals surface area (Å²) in [5.41, 5.74) is 1.86. The standard InChI is InChI=1S/C33H32BrN3O6S/c1-35-33(39)29(20-24-9-4-2-5-10-24)36(22-25-11-8-12-26(34)19-25)32(38)23-37(44(40,41)28-13-6-3-7-14-28)27-15-16-30-31(21-27)43-18-17-42-30/h2-16,19,21,29H,17-18,20,22-23H2,1H3,(H,35,39)/t29-/m0/s1. The molecule has 0 bridgehead atoms. The molecule has 5 rings (SSSR count). The summed E-state index contributed by atoms with van der Waals surface area (Å²) >= 11 is 3.48. The second-order valence-corrected chi connectivity index (χ2v) is 12.9. The molecule has 0 unspecified atom stereocenters. The number of halogens is 1. The van der Waals surface area contributed by atoms with Crippen LogP contribution in [0.4, 0.5) is 5.69 Å². The summed E-state index contributed by atoms with van der Waals surface area (Å²) in [6.07, 6.45) is 0.232. The Labute approximate surface area is 265 Å². The predicted molar refractivity (Wildman–Crippen MR) is 171 cm³/mol. The molecule has 228 valence electrons. The molecule has 11 heteroatoms. The van der Waals surface area contributed by atoms with Gasteiger partial charge in [0.1, 0.15) is 25.8 Å². The van der Waals surface area contributed by atoms with E-state index in [9.17, 15) is 18.0 Å². The molecule has 9 nitrogen and oxygen atoms in total. The first-order chi connectivity index (χ1) is 21.3. The molecule has 1 aliphatic heterocycles. The molecule has 0 fully saturated rings. The van der Waals surface area contributed by atoms with Crippen molar-refractivity contribution in [1.82, 2.24) is 10.2 Å². The van der Waals surface area contributed by atoms with Crippen LogP contribution >= 0.6 is 15.9 Å². The van der Waals surface area contributed by atoms with Crippen molar-refractivity contribution in [1.29, 1.82) is 0 Å². The predicted octanol–water partition coefficient (Wildman–Crippen LogP) is 4.80. The van der Waals surface area contributed by atoms with Crippen molar-refractivity contribution in [3.63, 3.8) is 0 Å². The molecule has 4 aromatic rings. The molecular formula is C33H32BrN3O6S. The van der Waals surface area contributed by atoms with Gasteiger partial charge in [0.25, 0.3) is 10.0 Å². The van der Waals surface area contributed by atoms with Crippen LogP contribution in [0.5, 0.6) is 11.5 Å². The molecule has 1 heterocycles. The number of anilines is 1. The molecule has 1 N–H and O–H groups in total. The van der Waals surface area contributed by atoms with E-state index >= 15 is 0 Å². The van der Waals surface area contributed by atoms with Gasteiger partial charge in [-0.1, -0.05) is 76.6 Å². The Hall–Kier alpha value is -4.35. The molecule has 44 heavy (non-hydrogen) atoms. The van der Waals surface area contributed by atoms with Gasteiger partial charge in [-0.2, -0.15) is 0 Å². The second-order valence-electron chi connectivity index (χ2n) is 10.1. The zero-order valence-corrected chi connectivity index (χ0v) is 26.5. The van der Waals surface area contributed by atoms with Crippen molar-refractivity contribution in [2.75, 3.05) is 31.1 Å². The molecule has 0 radical (unpaired) electrons. The third kappa shape index (κ3) is 7.23. The summed E-state index contributed by atoms with van der Waals surface area (Å²) in [6.45, 7) is 0.203. The maximum Gasteiger partial charge on any atom is 0.264 e. The highest BCUT2D eigenvalue weighted by molar-refractivity contribution is 9.10. The lowest BCUT2D eigenvalue weighted by atomic mass is 10.0. The number of rotatable bonds is 11. The average molecular weight is 679 g/mol. The van der Waals surface area contributed by atoms with Gasteiger partial charge in [0.15, 0.2) is 11.5 Å². The summed E-state index contributed by atoms with van der Waals surface area (Å²) < 4.78 is 41.4. The lowest BCUT2D eigenvalue weighted by Crippen LogP contribution is -2.53. The lowest BCUT2D eigenvalue weighted by Gasteiger charge is -2.34. The Balaban J connectivity index is 1.57. The van der Waals surface area contributed by atoms with Crippen LogP contribution in [-0.4, -0.2) is 58.0 Å². The molecule has 0 saturated carbocycles. The van der Waals surface area contributed by atoms with Gasteiger partial charge in [0.2, 0.25) is 11.8 Å². The number of amides is 2. The molecule has 2 amide bonds. The number of nitrogens with one attached hydrogen (secondary N) is 1. The topological polar surface area (TPSA) is 105 Å². The van der Waals surface area contributed by atoms with Crippen LogP contribution in [-0.2, 0) is 32.6 Å². The van der Waals surface area contributed by atoms with Gasteiger partial charge in [0.05, 0.1) is 10.6 Å². The summed E-state index contributed by atoms with van der Waals surface area (Å²) in [6, 6.07) is 28.6. The Bertz CT molecular complexity index is 1720. The fraction of sp³-hybridized carbons (Fsp3) is 0.212. The third-order valence-electron chi connectivity index (χ3n) is 7.18. The molecule has 1 aliphatic rings. The maximum atomic E-state index is 14.4. The monoisotopic (exact) mass is 677 g/mol. The first-order valence-corrected chi connectivity index (χ1v) is 16.3. The van der Waals surface area contributed by atoms with Crippen LogP contribution in [0.15, 0.2) is 112 Å². The molecule has 0 saturated heterocycles. The van der Waals surface area contributed by atoms with E-state index in [1.165, 1.54) is 24.1 Å². The van der Waals surface area contributed by atoms with Crippen LogP contribution in [0.3, 0.4) is 0 Å². The van der Waals surface area contributed by atoms with E-state index in [2.05, 4.69) is 21.2 Å². The van der Waals surface area contributed by atoms with E-state index < -0.39 is 28.5 Å². The van der Waals surface area contributed by atoms with Crippen molar-refractivity contribution in [3.05, 3.63) is 119 Å². The molecule has 1 atom stereocenters. The number of hydrogen-bond donors (Lipinski definition) is 1. The average Bonchev–Trinajstić information content (AvgIpc) is 3.05. The number of fused-ring (bicyclic) bond motifs is 1. The van der Waals surface area contributed by atoms with Gasteiger partial charge < -0.3 is 19.7 Å². The Morgan fingerprint density at radius 2 is 1.50 bits per heavy atom. The highest BCUT2D eigenvalue weighted by Crippen LogP contribution is 2.36. The highest BCUT2D eigenvalue weighted by Gasteiger charge is 2.34. The van der Waals surface area contributed by atoms with Gasteiger partial charge in [-0.25, -0.2) is 8.42 Å². The van der Waals surface area contributed by atoms with Crippen LogP contribution in [0.25, 0.3) is 0 Å². The van der Waals surface area contributed by atoms with Crippen molar-refractivity contribution in [2.45, 2.75) is 23.9 Å². The van der Waals surface area contributed by atoms with Crippen molar-refractivity contribution in [3.8, 4) is 11.5 Å². The number of ether oxygens (including phenoxy) is 2. The van der Waals surface area contributed by atoms with Gasteiger partial charge in [-0.3, -0.25) is 13.9 Å². The van der Waals surface area contributed by atoms with E-state index in [4.69, 9.17) is 9.47 Å². The minimum atomic E-state index is -4.22. The smallest absolute Gasteiger partial charge is 0.264 e. The van der Waals surface area contributed by atoms with Crippen molar-refractivity contribution in [2.24, 2.45) is 0 Å². The van der Waals surface area contributed by atoms with E-state index in [1.54, 1.807) is 36.4 Å². The number of benzene rings is 4. The van der Waals surface area contributed by atoms with E-state index in [0.29, 0.717) is 24.7 Å². The molecular weight excluding hydrogens is 646 g/mol. The van der Waals surface area contributed by atoms with Crippen molar-refractivity contribution < 1.29 is 27.5 Å². The quantitative estimate of drug-likeness (QED) is 0.245. The first-order valence-electron chi connectivity index (χ1n) is 14.0. The van der Waals surface area contributed by atoms with Crippen molar-refractivity contribution >= 4 is 43.5 Å². The minimum absolute atomic E-state index is 0.0216. The fourth-order valence-corrected chi connectivity index (χ4v) is 6.86. The number of carbonyl (C=O) groups is 2. The van der Waals surface area contributed by atoms with Crippen LogP contribution < -0.4 is 19.1 Å². The summed E-state index contributed by atoms with van der Waals surface area (Å²) in [4.78, 5) is 29.2. The number of hydrogen-bond acceptors (Lipinski definition) is 6. The zero-order chi connectivity index (χ0) is 31.1. The molecule has 4 aromatic carbocycles. The SMILES string of the molecule is CNC(=O)[C@H](Cc1ccccc1)N(Cc1cccc(Br)c1)C(=O)CN(c1ccc2c(c1)OCCO2)S(=O)(=O)c1ccccc1. The maximum absolute atomic E-state index is 14.4. The lowest BCUT2D eigenvalue weighted by molar-refractivity contribution is -0.139. The van der Waals surface area contributed by atoms with Gasteiger partial charge in [-0.15, -0.1) is 0 Å². The Morgan fingerprint density at radius 1 is 0.841 bits per heavy atom. The van der Waals surface area contributed by atoms with Crippen LogP contribution in [0.1, 0.15) is 11.1 Å². The zero-order valence-electron chi connectivity index (χ0n) is 24.1. The number of likely N-dealkylation sites (N-methyl/N-ethyl adjacent to an activating group) is 1. The summed E-state index contributed by atoms with van der Waals surface area (Å²) in [5, 5.41) is 2.69. The fourth-order valence-electron chi connectivity index (χ4n) is 4.99. The second kappa shape index (κ2) is 14.0. The van der Waals surface area contributed by atoms with Crippen LogP contribution in [0, 0.1) is 0 Å². The number of carbonyl (C=O) groups excluding carboxylic acids is 2. The van der Waals surface area contributed by atoms with Crippen LogP contribution in [0.2, 0.25) is 0 Å². The van der Waals surface area contributed by atoms with E-state index in [0.717, 1.165) is 19.9 Å². The molecule has 0 spiro atoms. The normalized spacial score (nSPS) is 13.0. The Kier molecular flexibility index (Phi) is 9.86. The summed E-state index contributed by atoms with van der Waals surface area (Å²) in [7, 11) is -2.70. The largest absolute Gasteiger partial charge is 0.486 e. The van der Waals surface area contributed by atoms with Gasteiger partial charge in [-0.05, 0) is 47.5 Å². The van der Waals surface area contributed by atoms with Gasteiger partial charge in [0, 0.05) is 30.6 Å². The van der Waals surface area contributed by atoms with E-state index in [-0.39, 0.29) is 29.5 Å². The minimum Gasteiger partial charge on any atom is -0.486 e. The number of nitrogens with zero attached hydrogens (tertiary/aromatic N) is 2. The van der Waals surface area contributed by atoms with E-state index in [1.807, 2.05) is 54.6 Å². The Morgan fingerprint density at radius 3 is 2.18 bits per heavy atom. The number of sulfonamides is 1. The molecule has 0 aliphatic carbocycles. The molecule has 0 aromatic heterocycles. The third-order valence-corrected chi connectivity index (χ3v) is 9.46. The van der Waals surface area contributed by atoms with Gasteiger partial charge >= 0.3 is 0 Å². The summed E-state index contributed by atoms with van der Waals surface area (Å²) in [5.74, 6) is -0.0483. The first kappa shape index (κ1) is 31.1. The highest BCUT2D eigenvalue weighted by atomic mass is 79.9.